The van der Waals surface area contributed by atoms with Crippen molar-refractivity contribution in [1.82, 2.24) is 30.8 Å². The summed E-state index contributed by atoms with van der Waals surface area (Å²) in [6, 6.07) is 0. The molecule has 1 aromatic rings. The molecule has 98 valence electrons. The fourth-order valence-electron chi connectivity index (χ4n) is 1.59. The Labute approximate surface area is 103 Å². The summed E-state index contributed by atoms with van der Waals surface area (Å²) in [6.45, 7) is 2.61. The van der Waals surface area contributed by atoms with Crippen LogP contribution in [-0.4, -0.2) is 70.2 Å². The van der Waals surface area contributed by atoms with Gasteiger partial charge in [-0.1, -0.05) is 0 Å². The van der Waals surface area contributed by atoms with Crippen molar-refractivity contribution < 1.29 is 14.3 Å². The van der Waals surface area contributed by atoms with E-state index in [0.717, 1.165) is 0 Å². The van der Waals surface area contributed by atoms with Crippen LogP contribution in [0.4, 0.5) is 0 Å². The number of morpholine rings is 1. The van der Waals surface area contributed by atoms with Gasteiger partial charge in [-0.05, 0) is 5.21 Å². The number of H-pyrrole nitrogens is 1. The largest absolute Gasteiger partial charge is 0.378 e. The zero-order valence-corrected chi connectivity index (χ0v) is 9.76. The highest BCUT2D eigenvalue weighted by Crippen LogP contribution is 1.99. The van der Waals surface area contributed by atoms with Crippen LogP contribution < -0.4 is 5.32 Å². The Morgan fingerprint density at radius 1 is 1.39 bits per heavy atom. The van der Waals surface area contributed by atoms with Gasteiger partial charge in [-0.25, -0.2) is 0 Å². The van der Waals surface area contributed by atoms with Gasteiger partial charge in [0.15, 0.2) is 0 Å². The molecule has 2 amide bonds. The normalized spacial score (nSPS) is 15.4. The van der Waals surface area contributed by atoms with Crippen molar-refractivity contribution in [2.24, 2.45) is 0 Å². The highest BCUT2D eigenvalue weighted by atomic mass is 16.5. The van der Waals surface area contributed by atoms with Gasteiger partial charge in [0.25, 0.3) is 11.7 Å². The third-order valence-electron chi connectivity index (χ3n) is 2.54. The maximum absolute atomic E-state index is 11.7. The zero-order valence-electron chi connectivity index (χ0n) is 9.76. The number of hydrogen-bond acceptors (Lipinski definition) is 6. The Kier molecular flexibility index (Phi) is 4.18. The van der Waals surface area contributed by atoms with Crippen LogP contribution >= 0.6 is 0 Å². The first-order valence-corrected chi connectivity index (χ1v) is 5.64. The molecule has 0 aromatic carbocycles. The summed E-state index contributed by atoms with van der Waals surface area (Å²) >= 11 is 0. The van der Waals surface area contributed by atoms with Crippen molar-refractivity contribution in [3.63, 3.8) is 0 Å². The third-order valence-corrected chi connectivity index (χ3v) is 2.54. The first-order valence-electron chi connectivity index (χ1n) is 5.64. The molecule has 0 bridgehead atoms. The molecule has 1 saturated heterocycles. The molecule has 0 radical (unpaired) electrons. The van der Waals surface area contributed by atoms with Gasteiger partial charge >= 0.3 is 0 Å². The smallest absolute Gasteiger partial charge is 0.292 e. The highest BCUT2D eigenvalue weighted by molar-refractivity contribution is 5.90. The third kappa shape index (κ3) is 3.23. The van der Waals surface area contributed by atoms with Crippen molar-refractivity contribution in [3.8, 4) is 0 Å². The first-order chi connectivity index (χ1) is 8.77. The number of aromatic amines is 1. The fraction of sp³-hybridized carbons (Fsp3) is 0.667. The lowest BCUT2D eigenvalue weighted by molar-refractivity contribution is -0.135. The van der Waals surface area contributed by atoms with Crippen molar-refractivity contribution in [2.75, 3.05) is 32.8 Å². The van der Waals surface area contributed by atoms with Gasteiger partial charge in [0, 0.05) is 26.1 Å². The highest BCUT2D eigenvalue weighted by Gasteiger charge is 2.17. The van der Waals surface area contributed by atoms with E-state index in [0.29, 0.717) is 26.3 Å². The summed E-state index contributed by atoms with van der Waals surface area (Å²) in [4.78, 5) is 24.9. The second-order valence-electron chi connectivity index (χ2n) is 3.73. The van der Waals surface area contributed by atoms with Gasteiger partial charge in [-0.3, -0.25) is 9.59 Å². The van der Waals surface area contributed by atoms with Gasteiger partial charge in [0.2, 0.25) is 5.91 Å². The van der Waals surface area contributed by atoms with E-state index in [9.17, 15) is 9.59 Å². The number of carbonyl (C=O) groups is 2. The Morgan fingerprint density at radius 3 is 2.83 bits per heavy atom. The van der Waals surface area contributed by atoms with Crippen molar-refractivity contribution in [3.05, 3.63) is 5.82 Å². The number of amides is 2. The number of tetrazole rings is 1. The number of carbonyl (C=O) groups excluding carboxylic acids is 2. The lowest BCUT2D eigenvalue weighted by atomic mass is 10.3. The van der Waals surface area contributed by atoms with Crippen LogP contribution in [0.15, 0.2) is 0 Å². The van der Waals surface area contributed by atoms with E-state index >= 15 is 0 Å². The average molecular weight is 254 g/mol. The van der Waals surface area contributed by atoms with Crippen molar-refractivity contribution >= 4 is 11.8 Å². The van der Waals surface area contributed by atoms with Crippen LogP contribution in [0.5, 0.6) is 0 Å². The zero-order chi connectivity index (χ0) is 12.8. The van der Waals surface area contributed by atoms with Crippen LogP contribution in [0.1, 0.15) is 17.0 Å². The van der Waals surface area contributed by atoms with Gasteiger partial charge in [-0.2, -0.15) is 5.21 Å². The van der Waals surface area contributed by atoms with E-state index in [2.05, 4.69) is 25.9 Å². The molecule has 9 nitrogen and oxygen atoms in total. The topological polar surface area (TPSA) is 113 Å². The maximum atomic E-state index is 11.7. The van der Waals surface area contributed by atoms with Gasteiger partial charge in [0.1, 0.15) is 0 Å². The minimum atomic E-state index is -0.446. The first kappa shape index (κ1) is 12.4. The van der Waals surface area contributed by atoms with Crippen molar-refractivity contribution in [1.29, 1.82) is 0 Å². The molecule has 0 aliphatic carbocycles. The summed E-state index contributed by atoms with van der Waals surface area (Å²) in [5.41, 5.74) is 0. The Bertz CT molecular complexity index is 400. The Hall–Kier alpha value is -2.03. The van der Waals surface area contributed by atoms with Crippen LogP contribution in [0, 0.1) is 0 Å². The molecule has 2 rings (SSSR count). The molecule has 9 heteroatoms. The predicted octanol–water partition coefficient (Wildman–Crippen LogP) is -1.82. The Morgan fingerprint density at radius 2 is 2.17 bits per heavy atom. The fourth-order valence-corrected chi connectivity index (χ4v) is 1.59. The molecule has 0 unspecified atom stereocenters. The number of aromatic nitrogens is 4. The van der Waals surface area contributed by atoms with Gasteiger partial charge in [-0.15, -0.1) is 10.2 Å². The molecule has 1 fully saturated rings. The van der Waals surface area contributed by atoms with E-state index < -0.39 is 5.91 Å². The molecule has 2 heterocycles. The second-order valence-corrected chi connectivity index (χ2v) is 3.73. The monoisotopic (exact) mass is 254 g/mol. The van der Waals surface area contributed by atoms with Crippen molar-refractivity contribution in [2.45, 2.75) is 6.42 Å². The maximum Gasteiger partial charge on any atom is 0.292 e. The lowest BCUT2D eigenvalue weighted by Crippen LogP contribution is -2.42. The molecule has 2 N–H and O–H groups in total. The number of ether oxygens (including phenoxy) is 1. The standard InChI is InChI=1S/C9H14N6O3/c16-7(15-3-5-18-6-4-15)1-2-10-9(17)8-11-13-14-12-8/h1-6H2,(H,10,17)(H,11,12,13,14). The molecule has 18 heavy (non-hydrogen) atoms. The molecule has 0 spiro atoms. The van der Waals surface area contributed by atoms with E-state index in [-0.39, 0.29) is 24.7 Å². The van der Waals surface area contributed by atoms with E-state index in [4.69, 9.17) is 4.74 Å². The summed E-state index contributed by atoms with van der Waals surface area (Å²) in [7, 11) is 0. The quantitative estimate of drug-likeness (QED) is 0.654. The SMILES string of the molecule is O=C(NCCC(=O)N1CCOCC1)c1nn[nH]n1. The number of nitrogens with zero attached hydrogens (tertiary/aromatic N) is 4. The molecule has 0 atom stereocenters. The lowest BCUT2D eigenvalue weighted by Gasteiger charge is -2.26. The van der Waals surface area contributed by atoms with E-state index in [1.54, 1.807) is 4.90 Å². The van der Waals surface area contributed by atoms with E-state index in [1.807, 2.05) is 0 Å². The minimum absolute atomic E-state index is 0.00621. The van der Waals surface area contributed by atoms with E-state index in [1.165, 1.54) is 0 Å². The van der Waals surface area contributed by atoms with Gasteiger partial charge < -0.3 is 15.0 Å². The number of hydrogen-bond donors (Lipinski definition) is 2. The average Bonchev–Trinajstić information content (AvgIpc) is 2.93. The molecular formula is C9H14N6O3. The predicted molar refractivity (Wildman–Crippen MR) is 58.5 cm³/mol. The molecular weight excluding hydrogens is 240 g/mol. The van der Waals surface area contributed by atoms with Crippen LogP contribution in [0.3, 0.4) is 0 Å². The Balaban J connectivity index is 1.68. The van der Waals surface area contributed by atoms with Crippen LogP contribution in [-0.2, 0) is 9.53 Å². The molecule has 0 saturated carbocycles. The molecule has 1 aromatic heterocycles. The van der Waals surface area contributed by atoms with Gasteiger partial charge in [0.05, 0.1) is 13.2 Å². The second kappa shape index (κ2) is 6.05. The number of rotatable bonds is 4. The minimum Gasteiger partial charge on any atom is -0.378 e. The van der Waals surface area contributed by atoms with Crippen LogP contribution in [0.2, 0.25) is 0 Å². The summed E-state index contributed by atoms with van der Waals surface area (Å²) in [6.07, 6.45) is 0.254. The molecule has 1 aliphatic rings. The summed E-state index contributed by atoms with van der Waals surface area (Å²) < 4.78 is 5.15. The summed E-state index contributed by atoms with van der Waals surface area (Å²) in [5, 5.41) is 15.1. The summed E-state index contributed by atoms with van der Waals surface area (Å²) in [5.74, 6) is -0.473. The van der Waals surface area contributed by atoms with Crippen LogP contribution in [0.25, 0.3) is 0 Å². The molecule has 1 aliphatic heterocycles. The number of nitrogens with one attached hydrogen (secondary N) is 2.